The Balaban J connectivity index is 1.58. The van der Waals surface area contributed by atoms with Crippen molar-refractivity contribution in [1.82, 2.24) is 9.80 Å². The van der Waals surface area contributed by atoms with Gasteiger partial charge in [0.15, 0.2) is 0 Å². The molecule has 2 fully saturated rings. The van der Waals surface area contributed by atoms with E-state index >= 15 is 0 Å². The van der Waals surface area contributed by atoms with E-state index in [-0.39, 0.29) is 6.10 Å². The third-order valence-corrected chi connectivity index (χ3v) is 4.30. The molecule has 4 nitrogen and oxygen atoms in total. The van der Waals surface area contributed by atoms with E-state index < -0.39 is 0 Å². The summed E-state index contributed by atoms with van der Waals surface area (Å²) in [5.74, 6) is 0. The molecule has 2 unspecified atom stereocenters. The quantitative estimate of drug-likeness (QED) is 0.829. The number of nitrogens with zero attached hydrogens (tertiary/aromatic N) is 2. The van der Waals surface area contributed by atoms with Crippen LogP contribution in [0.2, 0.25) is 0 Å². The third kappa shape index (κ3) is 3.38. The number of hydrogen-bond acceptors (Lipinski definition) is 4. The molecule has 0 aliphatic carbocycles. The first kappa shape index (κ1) is 14.0. The maximum absolute atomic E-state index is 5.99. The molecule has 3 rings (SSSR count). The number of likely N-dealkylation sites (N-methyl/N-ethyl adjacent to an activating group) is 1. The lowest BCUT2D eigenvalue weighted by atomic mass is 10.1. The Bertz CT molecular complexity index is 412. The average molecular weight is 276 g/mol. The molecule has 2 aliphatic rings. The van der Waals surface area contributed by atoms with Gasteiger partial charge < -0.3 is 9.47 Å². The number of hydrogen-bond donors (Lipinski definition) is 0. The highest BCUT2D eigenvalue weighted by Gasteiger charge is 2.32. The van der Waals surface area contributed by atoms with E-state index in [9.17, 15) is 0 Å². The second kappa shape index (κ2) is 6.68. The molecule has 0 bridgehead atoms. The largest absolute Gasteiger partial charge is 0.378 e. The second-order valence-corrected chi connectivity index (χ2v) is 5.75. The van der Waals surface area contributed by atoms with E-state index in [2.05, 4.69) is 47.2 Å². The second-order valence-electron chi connectivity index (χ2n) is 5.75. The summed E-state index contributed by atoms with van der Waals surface area (Å²) in [7, 11) is 2.17. The highest BCUT2D eigenvalue weighted by Crippen LogP contribution is 2.17. The molecule has 20 heavy (non-hydrogen) atoms. The van der Waals surface area contributed by atoms with Crippen molar-refractivity contribution >= 4 is 0 Å². The molecular weight excluding hydrogens is 252 g/mol. The van der Waals surface area contributed by atoms with E-state index in [1.807, 2.05) is 0 Å². The van der Waals surface area contributed by atoms with Crippen molar-refractivity contribution in [2.75, 3.05) is 46.5 Å². The van der Waals surface area contributed by atoms with E-state index in [1.165, 1.54) is 5.56 Å². The van der Waals surface area contributed by atoms with Gasteiger partial charge in [0.25, 0.3) is 0 Å². The lowest BCUT2D eigenvalue weighted by molar-refractivity contribution is -0.108. The van der Waals surface area contributed by atoms with Crippen LogP contribution in [-0.4, -0.2) is 68.4 Å². The highest BCUT2D eigenvalue weighted by atomic mass is 16.5. The molecule has 1 aromatic rings. The Morgan fingerprint density at radius 2 is 2.00 bits per heavy atom. The maximum atomic E-state index is 5.99. The van der Waals surface area contributed by atoms with Gasteiger partial charge in [-0.2, -0.15) is 0 Å². The van der Waals surface area contributed by atoms with Gasteiger partial charge >= 0.3 is 0 Å². The van der Waals surface area contributed by atoms with Crippen LogP contribution in [0.1, 0.15) is 5.56 Å². The molecule has 2 atom stereocenters. The van der Waals surface area contributed by atoms with Crippen molar-refractivity contribution < 1.29 is 9.47 Å². The van der Waals surface area contributed by atoms with E-state index in [0.29, 0.717) is 6.04 Å². The van der Waals surface area contributed by atoms with Crippen LogP contribution >= 0.6 is 0 Å². The number of rotatable bonds is 3. The van der Waals surface area contributed by atoms with Crippen molar-refractivity contribution in [3.63, 3.8) is 0 Å². The Hall–Kier alpha value is -0.940. The monoisotopic (exact) mass is 276 g/mol. The molecule has 0 saturated carbocycles. The smallest absolute Gasteiger partial charge is 0.0879 e. The van der Waals surface area contributed by atoms with Gasteiger partial charge in [-0.05, 0) is 12.6 Å². The zero-order chi connectivity index (χ0) is 13.8. The average Bonchev–Trinajstić information content (AvgIpc) is 2.49. The Morgan fingerprint density at radius 1 is 1.15 bits per heavy atom. The van der Waals surface area contributed by atoms with Crippen LogP contribution in [-0.2, 0) is 16.0 Å². The summed E-state index contributed by atoms with van der Waals surface area (Å²) in [6, 6.07) is 11.1. The van der Waals surface area contributed by atoms with Crippen LogP contribution in [0.3, 0.4) is 0 Å². The molecule has 0 N–H and O–H groups in total. The minimum absolute atomic E-state index is 0.262. The van der Waals surface area contributed by atoms with Crippen molar-refractivity contribution in [2.24, 2.45) is 0 Å². The fraction of sp³-hybridized carbons (Fsp3) is 0.625. The van der Waals surface area contributed by atoms with Crippen molar-refractivity contribution in [2.45, 2.75) is 18.7 Å². The molecule has 110 valence electrons. The van der Waals surface area contributed by atoms with Crippen LogP contribution < -0.4 is 0 Å². The van der Waals surface area contributed by atoms with Gasteiger partial charge in [-0.3, -0.25) is 9.80 Å². The molecule has 2 saturated heterocycles. The Morgan fingerprint density at radius 3 is 2.80 bits per heavy atom. The van der Waals surface area contributed by atoms with Crippen LogP contribution in [0.5, 0.6) is 0 Å². The summed E-state index contributed by atoms with van der Waals surface area (Å²) in [5, 5.41) is 0. The van der Waals surface area contributed by atoms with Crippen molar-refractivity contribution in [1.29, 1.82) is 0 Å². The van der Waals surface area contributed by atoms with Crippen LogP contribution in [0.4, 0.5) is 0 Å². The van der Waals surface area contributed by atoms with E-state index in [4.69, 9.17) is 9.47 Å². The lowest BCUT2D eigenvalue weighted by Crippen LogP contribution is -2.56. The Labute approximate surface area is 121 Å². The van der Waals surface area contributed by atoms with Crippen molar-refractivity contribution in [3.05, 3.63) is 35.9 Å². The predicted molar refractivity (Wildman–Crippen MR) is 78.7 cm³/mol. The summed E-state index contributed by atoms with van der Waals surface area (Å²) >= 11 is 0. The van der Waals surface area contributed by atoms with Crippen LogP contribution in [0.15, 0.2) is 30.3 Å². The van der Waals surface area contributed by atoms with Gasteiger partial charge in [0.2, 0.25) is 0 Å². The zero-order valence-electron chi connectivity index (χ0n) is 12.2. The molecule has 0 spiro atoms. The number of benzene rings is 1. The Kier molecular flexibility index (Phi) is 4.68. The SMILES string of the molecule is CN1CCOCC1C1CN(Cc2ccccc2)CCO1. The standard InChI is InChI=1S/C16H24N2O2/c1-17-7-9-19-13-15(17)16-12-18(8-10-20-16)11-14-5-3-2-4-6-14/h2-6,15-16H,7-13H2,1H3. The van der Waals surface area contributed by atoms with E-state index in [0.717, 1.165) is 46.0 Å². The molecule has 0 aromatic heterocycles. The zero-order valence-corrected chi connectivity index (χ0v) is 12.2. The molecule has 0 amide bonds. The normalized spacial score (nSPS) is 29.4. The van der Waals surface area contributed by atoms with Gasteiger partial charge in [0.05, 0.1) is 32.0 Å². The summed E-state index contributed by atoms with van der Waals surface area (Å²) < 4.78 is 11.6. The minimum Gasteiger partial charge on any atom is -0.378 e. The molecule has 1 aromatic carbocycles. The minimum atomic E-state index is 0.262. The summed E-state index contributed by atoms with van der Waals surface area (Å²) in [6.07, 6.45) is 0.262. The summed E-state index contributed by atoms with van der Waals surface area (Å²) in [4.78, 5) is 4.87. The number of ether oxygens (including phenoxy) is 2. The van der Waals surface area contributed by atoms with Gasteiger partial charge in [0.1, 0.15) is 0 Å². The molecule has 4 heteroatoms. The molecular formula is C16H24N2O2. The number of morpholine rings is 2. The summed E-state index contributed by atoms with van der Waals surface area (Å²) in [5.41, 5.74) is 1.38. The van der Waals surface area contributed by atoms with Crippen LogP contribution in [0.25, 0.3) is 0 Å². The summed E-state index contributed by atoms with van der Waals surface area (Å²) in [6.45, 7) is 6.48. The van der Waals surface area contributed by atoms with E-state index in [1.54, 1.807) is 0 Å². The molecule has 2 aliphatic heterocycles. The first-order valence-electron chi connectivity index (χ1n) is 7.49. The van der Waals surface area contributed by atoms with Gasteiger partial charge in [-0.25, -0.2) is 0 Å². The molecule has 2 heterocycles. The van der Waals surface area contributed by atoms with Gasteiger partial charge in [0, 0.05) is 26.2 Å². The predicted octanol–water partition coefficient (Wildman–Crippen LogP) is 1.22. The first-order chi connectivity index (χ1) is 9.83. The highest BCUT2D eigenvalue weighted by molar-refractivity contribution is 5.14. The first-order valence-corrected chi connectivity index (χ1v) is 7.49. The van der Waals surface area contributed by atoms with Gasteiger partial charge in [-0.15, -0.1) is 0 Å². The van der Waals surface area contributed by atoms with Crippen molar-refractivity contribution in [3.8, 4) is 0 Å². The molecule has 0 radical (unpaired) electrons. The lowest BCUT2D eigenvalue weighted by Gasteiger charge is -2.42. The topological polar surface area (TPSA) is 24.9 Å². The van der Waals surface area contributed by atoms with Gasteiger partial charge in [-0.1, -0.05) is 30.3 Å². The fourth-order valence-electron chi connectivity index (χ4n) is 3.05. The fourth-order valence-corrected chi connectivity index (χ4v) is 3.05. The van der Waals surface area contributed by atoms with Crippen LogP contribution in [0, 0.1) is 0 Å². The maximum Gasteiger partial charge on any atom is 0.0879 e. The third-order valence-electron chi connectivity index (χ3n) is 4.30.